The van der Waals surface area contributed by atoms with Gasteiger partial charge in [0, 0.05) is 19.4 Å². The Morgan fingerprint density at radius 2 is 1.48 bits per heavy atom. The molecule has 5 N–H and O–H groups in total. The number of rotatable bonds is 17. The molecule has 0 saturated heterocycles. The van der Waals surface area contributed by atoms with E-state index in [0.717, 1.165) is 44.9 Å². The van der Waals surface area contributed by atoms with Gasteiger partial charge >= 0.3 is 0 Å². The molecule has 1 unspecified atom stereocenters. The molecule has 0 aliphatic heterocycles. The summed E-state index contributed by atoms with van der Waals surface area (Å²) in [6, 6.07) is -0.802. The average Bonchev–Trinajstić information content (AvgIpc) is 2.66. The Hall–Kier alpha value is -1.79. The van der Waals surface area contributed by atoms with Gasteiger partial charge in [-0.3, -0.25) is 9.59 Å². The smallest absolute Gasteiger partial charge is 0.243 e. The van der Waals surface area contributed by atoms with E-state index >= 15 is 0 Å². The second-order valence-corrected chi connectivity index (χ2v) is 7.14. The fourth-order valence-corrected chi connectivity index (χ4v) is 2.85. The van der Waals surface area contributed by atoms with Crippen molar-refractivity contribution in [2.24, 2.45) is 10.9 Å². The largest absolute Gasteiger partial charge is 0.409 e. The molecule has 0 rings (SSSR count). The van der Waals surface area contributed by atoms with Crippen LogP contribution in [0.2, 0.25) is 0 Å². The van der Waals surface area contributed by atoms with Crippen LogP contribution in [0.25, 0.3) is 0 Å². The van der Waals surface area contributed by atoms with Crippen molar-refractivity contribution in [1.29, 1.82) is 0 Å². The maximum absolute atomic E-state index is 12.3. The maximum atomic E-state index is 12.3. The molecule has 7 heteroatoms. The van der Waals surface area contributed by atoms with Crippen molar-refractivity contribution in [1.82, 2.24) is 10.6 Å². The molecule has 0 aliphatic rings. The summed E-state index contributed by atoms with van der Waals surface area (Å²) in [4.78, 5) is 24.5. The number of amides is 2. The number of hydrogen-bond donors (Lipinski definition) is 4. The van der Waals surface area contributed by atoms with Crippen LogP contribution in [-0.2, 0) is 9.59 Å². The third kappa shape index (κ3) is 15.0. The van der Waals surface area contributed by atoms with Crippen LogP contribution < -0.4 is 16.4 Å². The first-order chi connectivity index (χ1) is 13.0. The molecular formula is C20H40N4O3. The van der Waals surface area contributed by atoms with Crippen LogP contribution in [0.1, 0.15) is 97.3 Å². The maximum Gasteiger partial charge on any atom is 0.243 e. The molecular weight excluding hydrogens is 344 g/mol. The monoisotopic (exact) mass is 384 g/mol. The van der Waals surface area contributed by atoms with Crippen LogP contribution in [0.3, 0.4) is 0 Å². The highest BCUT2D eigenvalue weighted by Crippen LogP contribution is 2.08. The summed E-state index contributed by atoms with van der Waals surface area (Å²) in [5, 5.41) is 17.2. The van der Waals surface area contributed by atoms with Gasteiger partial charge in [0.15, 0.2) is 0 Å². The lowest BCUT2D eigenvalue weighted by atomic mass is 10.1. The Balaban J connectivity index is 4.22. The van der Waals surface area contributed by atoms with Crippen LogP contribution in [0.4, 0.5) is 0 Å². The number of carbonyl (C=O) groups excluding carboxylic acids is 2. The zero-order valence-electron chi connectivity index (χ0n) is 17.3. The summed E-state index contributed by atoms with van der Waals surface area (Å²) in [5.74, 6) is -0.524. The molecule has 0 fully saturated rings. The van der Waals surface area contributed by atoms with Gasteiger partial charge < -0.3 is 21.6 Å². The van der Waals surface area contributed by atoms with E-state index in [2.05, 4.69) is 29.6 Å². The van der Waals surface area contributed by atoms with E-state index in [4.69, 9.17) is 10.9 Å². The van der Waals surface area contributed by atoms with Crippen molar-refractivity contribution in [2.75, 3.05) is 6.54 Å². The summed E-state index contributed by atoms with van der Waals surface area (Å²) in [6.45, 7) is 4.89. The fraction of sp³-hybridized carbons (Fsp3) is 0.850. The molecule has 158 valence electrons. The molecule has 7 nitrogen and oxygen atoms in total. The van der Waals surface area contributed by atoms with Gasteiger partial charge in [-0.25, -0.2) is 0 Å². The second kappa shape index (κ2) is 17.6. The van der Waals surface area contributed by atoms with Crippen LogP contribution in [0.5, 0.6) is 0 Å². The highest BCUT2D eigenvalue weighted by atomic mass is 16.4. The van der Waals surface area contributed by atoms with E-state index in [-0.39, 0.29) is 24.1 Å². The molecule has 0 spiro atoms. The van der Waals surface area contributed by atoms with Crippen molar-refractivity contribution in [2.45, 2.75) is 103 Å². The first kappa shape index (κ1) is 25.2. The van der Waals surface area contributed by atoms with E-state index < -0.39 is 6.04 Å². The average molecular weight is 385 g/mol. The quantitative estimate of drug-likeness (QED) is 0.101. The summed E-state index contributed by atoms with van der Waals surface area (Å²) in [7, 11) is 0. The van der Waals surface area contributed by atoms with Gasteiger partial charge in [-0.1, -0.05) is 76.8 Å². The minimum Gasteiger partial charge on any atom is -0.409 e. The fourth-order valence-electron chi connectivity index (χ4n) is 2.85. The lowest BCUT2D eigenvalue weighted by Crippen LogP contribution is -2.48. The van der Waals surface area contributed by atoms with Crippen molar-refractivity contribution < 1.29 is 14.8 Å². The second-order valence-electron chi connectivity index (χ2n) is 7.14. The van der Waals surface area contributed by atoms with Gasteiger partial charge in [0.05, 0.1) is 0 Å². The highest BCUT2D eigenvalue weighted by Gasteiger charge is 2.21. The zero-order chi connectivity index (χ0) is 20.3. The van der Waals surface area contributed by atoms with E-state index in [0.29, 0.717) is 13.0 Å². The van der Waals surface area contributed by atoms with Crippen molar-refractivity contribution >= 4 is 17.6 Å². The minimum atomic E-state index is -0.802. The lowest BCUT2D eigenvalue weighted by Gasteiger charge is -2.18. The van der Waals surface area contributed by atoms with Gasteiger partial charge in [-0.15, -0.1) is 0 Å². The molecule has 0 aliphatic carbocycles. The van der Waals surface area contributed by atoms with Crippen molar-refractivity contribution in [3.05, 3.63) is 0 Å². The number of unbranched alkanes of at least 4 members (excludes halogenated alkanes) is 9. The lowest BCUT2D eigenvalue weighted by molar-refractivity contribution is -0.128. The van der Waals surface area contributed by atoms with Crippen LogP contribution in [0.15, 0.2) is 5.16 Å². The van der Waals surface area contributed by atoms with Crippen molar-refractivity contribution in [3.63, 3.8) is 0 Å². The summed E-state index contributed by atoms with van der Waals surface area (Å²) < 4.78 is 0. The van der Waals surface area contributed by atoms with Gasteiger partial charge in [-0.2, -0.15) is 0 Å². The molecule has 0 heterocycles. The zero-order valence-corrected chi connectivity index (χ0v) is 17.3. The van der Waals surface area contributed by atoms with Gasteiger partial charge in [0.2, 0.25) is 11.8 Å². The number of carbonyl (C=O) groups is 2. The predicted molar refractivity (Wildman–Crippen MR) is 110 cm³/mol. The molecule has 2 amide bonds. The highest BCUT2D eigenvalue weighted by molar-refractivity contribution is 5.92. The molecule has 0 aromatic rings. The molecule has 27 heavy (non-hydrogen) atoms. The summed E-state index contributed by atoms with van der Waals surface area (Å²) >= 11 is 0. The van der Waals surface area contributed by atoms with Crippen LogP contribution in [-0.4, -0.2) is 35.4 Å². The standard InChI is InChI=1S/C20H40N4O3/c1-3-5-7-9-10-11-12-14-19(25)23-17(16-18(21)24-27)20(26)22-15-13-8-6-4-2/h17,27H,3-16H2,1-2H3,(H2,21,24)(H,22,26)(H,23,25). The number of nitrogens with zero attached hydrogens (tertiary/aromatic N) is 1. The number of amidine groups is 1. The van der Waals surface area contributed by atoms with Gasteiger partial charge in [0.1, 0.15) is 11.9 Å². The molecule has 0 radical (unpaired) electrons. The molecule has 0 aromatic carbocycles. The summed E-state index contributed by atoms with van der Waals surface area (Å²) in [5.41, 5.74) is 5.53. The number of nitrogens with two attached hydrogens (primary N) is 1. The number of nitrogens with one attached hydrogen (secondary N) is 2. The van der Waals surface area contributed by atoms with Crippen molar-refractivity contribution in [3.8, 4) is 0 Å². The molecule has 0 saturated carbocycles. The third-order valence-corrected chi connectivity index (χ3v) is 4.53. The van der Waals surface area contributed by atoms with Gasteiger partial charge in [-0.05, 0) is 12.8 Å². The van der Waals surface area contributed by atoms with E-state index in [1.807, 2.05) is 0 Å². The Morgan fingerprint density at radius 3 is 2.07 bits per heavy atom. The van der Waals surface area contributed by atoms with Gasteiger partial charge in [0.25, 0.3) is 0 Å². The number of hydrogen-bond acceptors (Lipinski definition) is 4. The normalized spacial score (nSPS) is 12.6. The summed E-state index contributed by atoms with van der Waals surface area (Å²) in [6.07, 6.45) is 12.6. The third-order valence-electron chi connectivity index (χ3n) is 4.53. The molecule has 1 atom stereocenters. The Kier molecular flexibility index (Phi) is 16.4. The Morgan fingerprint density at radius 1 is 0.926 bits per heavy atom. The topological polar surface area (TPSA) is 117 Å². The van der Waals surface area contributed by atoms with E-state index in [1.54, 1.807) is 0 Å². The van der Waals surface area contributed by atoms with Crippen LogP contribution >= 0.6 is 0 Å². The number of oxime groups is 1. The van der Waals surface area contributed by atoms with E-state index in [1.165, 1.54) is 25.7 Å². The Bertz CT molecular complexity index is 427. The predicted octanol–water partition coefficient (Wildman–Crippen LogP) is 3.44. The Labute approximate surface area is 164 Å². The first-order valence-electron chi connectivity index (χ1n) is 10.6. The minimum absolute atomic E-state index is 0.0000507. The molecule has 0 aromatic heterocycles. The van der Waals surface area contributed by atoms with Crippen LogP contribution in [0, 0.1) is 0 Å². The SMILES string of the molecule is CCCCCCCCCC(=O)NC(C/C(N)=N/O)C(=O)NCCCCCC. The first-order valence-corrected chi connectivity index (χ1v) is 10.6. The van der Waals surface area contributed by atoms with E-state index in [9.17, 15) is 9.59 Å². The molecule has 0 bridgehead atoms.